The third-order valence-electron chi connectivity index (χ3n) is 3.62. The number of rotatable bonds is 3. The summed E-state index contributed by atoms with van der Waals surface area (Å²) in [4.78, 5) is 25.0. The van der Waals surface area contributed by atoms with E-state index in [1.165, 1.54) is 0 Å². The summed E-state index contributed by atoms with van der Waals surface area (Å²) in [5.74, 6) is -0.609. The highest BCUT2D eigenvalue weighted by molar-refractivity contribution is 5.97. The monoisotopic (exact) mass is 265 g/mol. The Morgan fingerprint density at radius 3 is 2.53 bits per heavy atom. The second kappa shape index (κ2) is 5.29. The number of anilines is 1. The topological polar surface area (TPSA) is 118 Å². The number of nitrogens with two attached hydrogens (primary N) is 2. The number of H-pyrrole nitrogens is 1. The fraction of sp³-hybridized carbons (Fsp3) is 0.583. The van der Waals surface area contributed by atoms with E-state index in [0.29, 0.717) is 38.0 Å². The van der Waals surface area contributed by atoms with Crippen LogP contribution in [0.5, 0.6) is 0 Å². The Kier molecular flexibility index (Phi) is 3.73. The van der Waals surface area contributed by atoms with Gasteiger partial charge in [-0.15, -0.1) is 0 Å². The quantitative estimate of drug-likeness (QED) is 0.706. The molecule has 2 heterocycles. The Balaban J connectivity index is 2.05. The van der Waals surface area contributed by atoms with E-state index in [1.54, 1.807) is 4.90 Å². The van der Waals surface area contributed by atoms with Crippen molar-refractivity contribution in [2.24, 2.45) is 11.7 Å². The lowest BCUT2D eigenvalue weighted by Gasteiger charge is -2.30. The van der Waals surface area contributed by atoms with Crippen molar-refractivity contribution in [1.29, 1.82) is 0 Å². The molecule has 5 N–H and O–H groups in total. The molecule has 19 heavy (non-hydrogen) atoms. The second-order valence-corrected chi connectivity index (χ2v) is 4.79. The number of hydrogen-bond acceptors (Lipinski definition) is 4. The van der Waals surface area contributed by atoms with Crippen molar-refractivity contribution in [2.75, 3.05) is 18.8 Å². The molecular weight excluding hydrogens is 246 g/mol. The lowest BCUT2D eigenvalue weighted by Crippen LogP contribution is -2.42. The van der Waals surface area contributed by atoms with Gasteiger partial charge in [-0.1, -0.05) is 6.92 Å². The van der Waals surface area contributed by atoms with Gasteiger partial charge in [-0.2, -0.15) is 5.10 Å². The van der Waals surface area contributed by atoms with Crippen molar-refractivity contribution in [3.63, 3.8) is 0 Å². The molecule has 0 aliphatic carbocycles. The van der Waals surface area contributed by atoms with Gasteiger partial charge in [0.1, 0.15) is 0 Å². The van der Waals surface area contributed by atoms with Gasteiger partial charge in [0.05, 0.1) is 11.4 Å². The Labute approximate surface area is 111 Å². The van der Waals surface area contributed by atoms with E-state index in [0.717, 1.165) is 5.69 Å². The summed E-state index contributed by atoms with van der Waals surface area (Å²) in [6.07, 6.45) is 1.91. The number of likely N-dealkylation sites (tertiary alicyclic amines) is 1. The molecule has 1 fully saturated rings. The lowest BCUT2D eigenvalue weighted by atomic mass is 9.96. The number of aryl methyl sites for hydroxylation is 1. The van der Waals surface area contributed by atoms with Crippen molar-refractivity contribution < 1.29 is 9.59 Å². The van der Waals surface area contributed by atoms with Crippen LogP contribution in [0.25, 0.3) is 0 Å². The van der Waals surface area contributed by atoms with Crippen LogP contribution in [0.2, 0.25) is 0 Å². The van der Waals surface area contributed by atoms with Gasteiger partial charge in [-0.25, -0.2) is 0 Å². The number of carbonyl (C=O) groups is 2. The zero-order valence-electron chi connectivity index (χ0n) is 11.0. The van der Waals surface area contributed by atoms with Gasteiger partial charge in [0.25, 0.3) is 5.91 Å². The van der Waals surface area contributed by atoms with Crippen LogP contribution < -0.4 is 11.5 Å². The largest absolute Gasteiger partial charge is 0.395 e. The van der Waals surface area contributed by atoms with E-state index >= 15 is 0 Å². The van der Waals surface area contributed by atoms with Crippen molar-refractivity contribution in [1.82, 2.24) is 15.1 Å². The number of aromatic amines is 1. The molecule has 0 spiro atoms. The Morgan fingerprint density at radius 2 is 2.05 bits per heavy atom. The molecule has 1 aliphatic heterocycles. The minimum absolute atomic E-state index is 0.133. The first kappa shape index (κ1) is 13.4. The van der Waals surface area contributed by atoms with Crippen LogP contribution in [-0.2, 0) is 11.2 Å². The number of hydrogen-bond donors (Lipinski definition) is 3. The van der Waals surface area contributed by atoms with Crippen molar-refractivity contribution in [3.8, 4) is 0 Å². The number of nitrogens with one attached hydrogen (secondary N) is 1. The predicted molar refractivity (Wildman–Crippen MR) is 70.2 cm³/mol. The molecule has 104 valence electrons. The summed E-state index contributed by atoms with van der Waals surface area (Å²) in [6.45, 7) is 2.97. The standard InChI is InChI=1S/C12H19N5O2/c1-2-8-9(13)10(16-15-8)12(19)17-5-3-7(4-6-17)11(14)18/h7H,2-6,13H2,1H3,(H2,14,18)(H,15,16). The van der Waals surface area contributed by atoms with Crippen LogP contribution in [0.15, 0.2) is 0 Å². The predicted octanol–water partition coefficient (Wildman–Crippen LogP) is -0.108. The van der Waals surface area contributed by atoms with Crippen LogP contribution in [0.4, 0.5) is 5.69 Å². The van der Waals surface area contributed by atoms with E-state index in [1.807, 2.05) is 6.92 Å². The van der Waals surface area contributed by atoms with Gasteiger partial charge in [0.15, 0.2) is 5.69 Å². The summed E-state index contributed by atoms with van der Waals surface area (Å²) in [5.41, 5.74) is 12.6. The number of carbonyl (C=O) groups excluding carboxylic acids is 2. The van der Waals surface area contributed by atoms with Gasteiger partial charge in [0, 0.05) is 19.0 Å². The van der Waals surface area contributed by atoms with E-state index in [9.17, 15) is 9.59 Å². The van der Waals surface area contributed by atoms with Crippen LogP contribution in [-0.4, -0.2) is 40.0 Å². The first-order chi connectivity index (χ1) is 9.04. The molecule has 0 bridgehead atoms. The van der Waals surface area contributed by atoms with Gasteiger partial charge < -0.3 is 16.4 Å². The third kappa shape index (κ3) is 2.54. The van der Waals surface area contributed by atoms with E-state index in [2.05, 4.69) is 10.2 Å². The number of amides is 2. The summed E-state index contributed by atoms with van der Waals surface area (Å²) in [6, 6.07) is 0. The van der Waals surface area contributed by atoms with E-state index in [-0.39, 0.29) is 23.4 Å². The number of piperidine rings is 1. The fourth-order valence-electron chi connectivity index (χ4n) is 2.34. The molecule has 0 saturated carbocycles. The number of primary amides is 1. The zero-order valence-corrected chi connectivity index (χ0v) is 11.0. The molecule has 0 unspecified atom stereocenters. The molecule has 1 saturated heterocycles. The van der Waals surface area contributed by atoms with Crippen LogP contribution in [0.3, 0.4) is 0 Å². The maximum atomic E-state index is 12.3. The van der Waals surface area contributed by atoms with Crippen LogP contribution in [0, 0.1) is 5.92 Å². The van der Waals surface area contributed by atoms with Gasteiger partial charge in [-0.3, -0.25) is 14.7 Å². The molecule has 0 aromatic carbocycles. The maximum absolute atomic E-state index is 12.3. The molecule has 7 heteroatoms. The molecule has 2 amide bonds. The highest BCUT2D eigenvalue weighted by Gasteiger charge is 2.28. The van der Waals surface area contributed by atoms with Gasteiger partial charge in [0.2, 0.25) is 5.91 Å². The number of aromatic nitrogens is 2. The van der Waals surface area contributed by atoms with Gasteiger partial charge in [-0.05, 0) is 19.3 Å². The maximum Gasteiger partial charge on any atom is 0.276 e. The average Bonchev–Trinajstić information content (AvgIpc) is 2.79. The van der Waals surface area contributed by atoms with E-state index < -0.39 is 0 Å². The molecule has 7 nitrogen and oxygen atoms in total. The normalized spacial score (nSPS) is 16.6. The first-order valence-electron chi connectivity index (χ1n) is 6.45. The summed E-state index contributed by atoms with van der Waals surface area (Å²) < 4.78 is 0. The molecular formula is C12H19N5O2. The van der Waals surface area contributed by atoms with Gasteiger partial charge >= 0.3 is 0 Å². The first-order valence-corrected chi connectivity index (χ1v) is 6.45. The SMILES string of the molecule is CCc1[nH]nc(C(=O)N2CCC(C(N)=O)CC2)c1N. The molecule has 1 aromatic rings. The highest BCUT2D eigenvalue weighted by Crippen LogP contribution is 2.21. The average molecular weight is 265 g/mol. The molecule has 2 rings (SSSR count). The van der Waals surface area contributed by atoms with Crippen molar-refractivity contribution in [2.45, 2.75) is 26.2 Å². The number of nitrogens with zero attached hydrogens (tertiary/aromatic N) is 2. The zero-order chi connectivity index (χ0) is 14.0. The highest BCUT2D eigenvalue weighted by atomic mass is 16.2. The molecule has 1 aliphatic rings. The minimum Gasteiger partial charge on any atom is -0.395 e. The Bertz CT molecular complexity index is 488. The van der Waals surface area contributed by atoms with E-state index in [4.69, 9.17) is 11.5 Å². The van der Waals surface area contributed by atoms with Crippen molar-refractivity contribution >= 4 is 17.5 Å². The summed E-state index contributed by atoms with van der Waals surface area (Å²) >= 11 is 0. The lowest BCUT2D eigenvalue weighted by molar-refractivity contribution is -0.123. The minimum atomic E-state index is -0.292. The number of nitrogen functional groups attached to an aromatic ring is 1. The fourth-order valence-corrected chi connectivity index (χ4v) is 2.34. The molecule has 0 atom stereocenters. The Morgan fingerprint density at radius 1 is 1.42 bits per heavy atom. The summed E-state index contributed by atoms with van der Waals surface area (Å²) in [5, 5.41) is 6.76. The van der Waals surface area contributed by atoms with Crippen molar-refractivity contribution in [3.05, 3.63) is 11.4 Å². The van der Waals surface area contributed by atoms with Crippen LogP contribution in [0.1, 0.15) is 35.9 Å². The molecule has 0 radical (unpaired) electrons. The Hall–Kier alpha value is -2.05. The second-order valence-electron chi connectivity index (χ2n) is 4.79. The molecule has 1 aromatic heterocycles. The summed E-state index contributed by atoms with van der Waals surface area (Å²) in [7, 11) is 0. The smallest absolute Gasteiger partial charge is 0.276 e. The third-order valence-corrected chi connectivity index (χ3v) is 3.62. The van der Waals surface area contributed by atoms with Crippen LogP contribution >= 0.6 is 0 Å².